The summed E-state index contributed by atoms with van der Waals surface area (Å²) < 4.78 is 27.7. The van der Waals surface area contributed by atoms with Crippen molar-refractivity contribution in [3.8, 4) is 0 Å². The van der Waals surface area contributed by atoms with Gasteiger partial charge in [-0.15, -0.1) is 0 Å². The summed E-state index contributed by atoms with van der Waals surface area (Å²) in [5.74, 6) is 0. The van der Waals surface area contributed by atoms with Crippen LogP contribution >= 0.6 is 0 Å². The van der Waals surface area contributed by atoms with Crippen molar-refractivity contribution in [2.75, 3.05) is 39.8 Å². The molecule has 0 heterocycles. The van der Waals surface area contributed by atoms with Gasteiger partial charge in [-0.1, -0.05) is 13.8 Å². The predicted octanol–water partition coefficient (Wildman–Crippen LogP) is -0.135. The van der Waals surface area contributed by atoms with Crippen molar-refractivity contribution in [1.82, 2.24) is 13.9 Å². The lowest BCUT2D eigenvalue weighted by Gasteiger charge is -2.25. The van der Waals surface area contributed by atoms with Crippen LogP contribution in [-0.4, -0.2) is 68.6 Å². The van der Waals surface area contributed by atoms with E-state index in [0.717, 1.165) is 13.1 Å². The molecule has 0 saturated carbocycles. The van der Waals surface area contributed by atoms with Crippen molar-refractivity contribution >= 4 is 10.2 Å². The molecule has 0 radical (unpaired) electrons. The highest BCUT2D eigenvalue weighted by Crippen LogP contribution is 1.99. The number of rotatable bonds is 10. The summed E-state index contributed by atoms with van der Waals surface area (Å²) in [7, 11) is -1.93. The van der Waals surface area contributed by atoms with Gasteiger partial charge in [0.1, 0.15) is 0 Å². The Morgan fingerprint density at radius 1 is 1.28 bits per heavy atom. The lowest BCUT2D eigenvalue weighted by molar-refractivity contribution is 0.271. The first kappa shape index (κ1) is 17.8. The number of nitrogens with one attached hydrogen (secondary N) is 1. The molecule has 6 nitrogen and oxygen atoms in total. The van der Waals surface area contributed by atoms with E-state index in [-0.39, 0.29) is 12.6 Å². The molecule has 0 aliphatic carbocycles. The number of nitrogens with zero attached hydrogens (tertiary/aromatic N) is 2. The molecule has 0 fully saturated rings. The Bertz CT molecular complexity index is 305. The predicted molar refractivity (Wildman–Crippen MR) is 73.6 cm³/mol. The molecule has 7 heteroatoms. The van der Waals surface area contributed by atoms with Crippen molar-refractivity contribution in [2.45, 2.75) is 33.2 Å². The maximum Gasteiger partial charge on any atom is 0.279 e. The Morgan fingerprint density at radius 2 is 1.83 bits per heavy atom. The molecule has 0 amide bonds. The molecule has 0 aliphatic heterocycles. The van der Waals surface area contributed by atoms with Crippen molar-refractivity contribution in [1.29, 1.82) is 0 Å². The standard InChI is InChI=1S/C11H27N3O3S/c1-5-14(6-2)10-11(3)12-18(16,17)13(4)8-7-9-15/h11-12,15H,5-10H2,1-4H3. The van der Waals surface area contributed by atoms with Gasteiger partial charge in [-0.05, 0) is 26.4 Å². The molecule has 0 saturated heterocycles. The molecule has 0 aromatic carbocycles. The first-order chi connectivity index (χ1) is 8.37. The normalized spacial score (nSPS) is 14.4. The Kier molecular flexibility index (Phi) is 8.71. The molecule has 0 rings (SSSR count). The van der Waals surface area contributed by atoms with Crippen LogP contribution in [0.4, 0.5) is 0 Å². The van der Waals surface area contributed by atoms with Crippen molar-refractivity contribution in [2.24, 2.45) is 0 Å². The minimum absolute atomic E-state index is 0.00510. The van der Waals surface area contributed by atoms with E-state index < -0.39 is 10.2 Å². The van der Waals surface area contributed by atoms with Crippen LogP contribution in [0.1, 0.15) is 27.2 Å². The third-order valence-corrected chi connectivity index (χ3v) is 4.52. The van der Waals surface area contributed by atoms with Crippen molar-refractivity contribution in [3.63, 3.8) is 0 Å². The zero-order valence-corrected chi connectivity index (χ0v) is 12.7. The highest BCUT2D eigenvalue weighted by molar-refractivity contribution is 7.87. The smallest absolute Gasteiger partial charge is 0.279 e. The second kappa shape index (κ2) is 8.82. The molecule has 18 heavy (non-hydrogen) atoms. The minimum atomic E-state index is -3.45. The summed E-state index contributed by atoms with van der Waals surface area (Å²) in [5, 5.41) is 8.70. The molecule has 0 aromatic heterocycles. The quantitative estimate of drug-likeness (QED) is 0.585. The van der Waals surface area contributed by atoms with E-state index in [1.807, 2.05) is 6.92 Å². The van der Waals surface area contributed by atoms with E-state index >= 15 is 0 Å². The van der Waals surface area contributed by atoms with Crippen LogP contribution < -0.4 is 4.72 Å². The largest absolute Gasteiger partial charge is 0.396 e. The van der Waals surface area contributed by atoms with E-state index in [0.29, 0.717) is 19.5 Å². The number of aliphatic hydroxyl groups is 1. The Morgan fingerprint density at radius 3 is 2.28 bits per heavy atom. The van der Waals surface area contributed by atoms with E-state index in [1.165, 1.54) is 11.4 Å². The van der Waals surface area contributed by atoms with E-state index in [1.54, 1.807) is 0 Å². The average Bonchev–Trinajstić information content (AvgIpc) is 2.32. The molecule has 0 aliphatic rings. The van der Waals surface area contributed by atoms with Crippen LogP contribution in [0.3, 0.4) is 0 Å². The molecule has 2 N–H and O–H groups in total. The number of likely N-dealkylation sites (N-methyl/N-ethyl adjacent to an activating group) is 1. The number of hydrogen-bond donors (Lipinski definition) is 2. The zero-order chi connectivity index (χ0) is 14.2. The third kappa shape index (κ3) is 6.65. The van der Waals surface area contributed by atoms with E-state index in [2.05, 4.69) is 23.5 Å². The van der Waals surface area contributed by atoms with Gasteiger partial charge in [-0.25, -0.2) is 0 Å². The summed E-state index contributed by atoms with van der Waals surface area (Å²) in [6.45, 7) is 8.79. The van der Waals surface area contributed by atoms with Gasteiger partial charge < -0.3 is 10.0 Å². The van der Waals surface area contributed by atoms with Gasteiger partial charge in [0.15, 0.2) is 0 Å². The van der Waals surface area contributed by atoms with Crippen LogP contribution in [-0.2, 0) is 10.2 Å². The van der Waals surface area contributed by atoms with E-state index in [4.69, 9.17) is 5.11 Å². The first-order valence-electron chi connectivity index (χ1n) is 6.44. The topological polar surface area (TPSA) is 72.9 Å². The maximum atomic E-state index is 11.9. The van der Waals surface area contributed by atoms with Gasteiger partial charge in [0.2, 0.25) is 0 Å². The van der Waals surface area contributed by atoms with Gasteiger partial charge in [-0.2, -0.15) is 17.4 Å². The average molecular weight is 281 g/mol. The lowest BCUT2D eigenvalue weighted by atomic mass is 10.3. The molecule has 0 bridgehead atoms. The Balaban J connectivity index is 4.30. The number of hydrogen-bond acceptors (Lipinski definition) is 4. The molecule has 0 spiro atoms. The van der Waals surface area contributed by atoms with Crippen LogP contribution in [0.15, 0.2) is 0 Å². The second-order valence-corrected chi connectivity index (χ2v) is 6.22. The fraction of sp³-hybridized carbons (Fsp3) is 1.00. The maximum absolute atomic E-state index is 11.9. The Hall–Kier alpha value is -0.210. The van der Waals surface area contributed by atoms with Gasteiger partial charge in [0.05, 0.1) is 0 Å². The molecule has 110 valence electrons. The zero-order valence-electron chi connectivity index (χ0n) is 11.9. The lowest BCUT2D eigenvalue weighted by Crippen LogP contribution is -2.47. The fourth-order valence-corrected chi connectivity index (χ4v) is 2.80. The van der Waals surface area contributed by atoms with Crippen molar-refractivity contribution < 1.29 is 13.5 Å². The minimum Gasteiger partial charge on any atom is -0.396 e. The summed E-state index contributed by atoms with van der Waals surface area (Å²) in [4.78, 5) is 2.17. The van der Waals surface area contributed by atoms with Gasteiger partial charge in [0, 0.05) is 32.8 Å². The summed E-state index contributed by atoms with van der Waals surface area (Å²) in [6, 6.07) is -0.133. The molecule has 1 unspecified atom stereocenters. The van der Waals surface area contributed by atoms with Crippen LogP contribution in [0.5, 0.6) is 0 Å². The summed E-state index contributed by atoms with van der Waals surface area (Å²) in [5.41, 5.74) is 0. The highest BCUT2D eigenvalue weighted by atomic mass is 32.2. The van der Waals surface area contributed by atoms with Gasteiger partial charge in [-0.3, -0.25) is 0 Å². The summed E-state index contributed by atoms with van der Waals surface area (Å²) >= 11 is 0. The number of aliphatic hydroxyl groups excluding tert-OH is 1. The molecule has 0 aromatic rings. The van der Waals surface area contributed by atoms with Gasteiger partial charge in [0.25, 0.3) is 10.2 Å². The molecular weight excluding hydrogens is 254 g/mol. The summed E-state index contributed by atoms with van der Waals surface area (Å²) in [6.07, 6.45) is 0.446. The first-order valence-corrected chi connectivity index (χ1v) is 7.88. The molecule has 1 atom stereocenters. The monoisotopic (exact) mass is 281 g/mol. The van der Waals surface area contributed by atoms with Crippen LogP contribution in [0, 0.1) is 0 Å². The fourth-order valence-electron chi connectivity index (χ4n) is 1.66. The van der Waals surface area contributed by atoms with E-state index in [9.17, 15) is 8.42 Å². The molecular formula is C11H27N3O3S. The Labute approximate surface area is 111 Å². The highest BCUT2D eigenvalue weighted by Gasteiger charge is 2.20. The van der Waals surface area contributed by atoms with Crippen molar-refractivity contribution in [3.05, 3.63) is 0 Å². The second-order valence-electron chi connectivity index (χ2n) is 4.41. The van der Waals surface area contributed by atoms with Crippen LogP contribution in [0.25, 0.3) is 0 Å². The SMILES string of the molecule is CCN(CC)CC(C)NS(=O)(=O)N(C)CCCO. The van der Waals surface area contributed by atoms with Gasteiger partial charge >= 0.3 is 0 Å². The third-order valence-electron chi connectivity index (χ3n) is 2.82. The van der Waals surface area contributed by atoms with Crippen LogP contribution in [0.2, 0.25) is 0 Å².